The van der Waals surface area contributed by atoms with Crippen LogP contribution in [0.15, 0.2) is 9.59 Å². The summed E-state index contributed by atoms with van der Waals surface area (Å²) in [5, 5.41) is 9.95. The summed E-state index contributed by atoms with van der Waals surface area (Å²) < 4.78 is 12.1. The standard InChI is InChI=1S/C17H26N6O7/c1-6-19-11-12(23(9-30-5)17(28)22(11)8-29-4)20(16(19)27)7-21-14(25)10(2)13(24)18(3)15(21)26/h11-12,24H,6-9H2,1-5H3. The van der Waals surface area contributed by atoms with E-state index in [0.29, 0.717) is 6.54 Å². The first-order valence-corrected chi connectivity index (χ1v) is 9.32. The molecule has 2 saturated heterocycles. The summed E-state index contributed by atoms with van der Waals surface area (Å²) >= 11 is 0. The Bertz CT molecular complexity index is 935. The number of hydrogen-bond acceptors (Lipinski definition) is 7. The van der Waals surface area contributed by atoms with Crippen LogP contribution in [0.1, 0.15) is 12.5 Å². The van der Waals surface area contributed by atoms with Crippen molar-refractivity contribution in [2.45, 2.75) is 32.8 Å². The van der Waals surface area contributed by atoms with Crippen molar-refractivity contribution >= 4 is 12.1 Å². The lowest BCUT2D eigenvalue weighted by Crippen LogP contribution is -2.51. The van der Waals surface area contributed by atoms with Crippen LogP contribution < -0.4 is 11.2 Å². The van der Waals surface area contributed by atoms with Gasteiger partial charge in [0.1, 0.15) is 20.1 Å². The molecule has 2 aliphatic heterocycles. The van der Waals surface area contributed by atoms with Gasteiger partial charge in [0, 0.05) is 27.8 Å². The molecule has 13 nitrogen and oxygen atoms in total. The molecule has 0 saturated carbocycles. The molecule has 4 amide bonds. The Morgan fingerprint density at radius 1 is 0.900 bits per heavy atom. The summed E-state index contributed by atoms with van der Waals surface area (Å²) in [4.78, 5) is 56.8. The minimum Gasteiger partial charge on any atom is -0.494 e. The van der Waals surface area contributed by atoms with Crippen molar-refractivity contribution in [2.24, 2.45) is 7.05 Å². The minimum absolute atomic E-state index is 0.0232. The fourth-order valence-corrected chi connectivity index (χ4v) is 3.96. The van der Waals surface area contributed by atoms with Gasteiger partial charge in [-0.15, -0.1) is 0 Å². The molecule has 0 spiro atoms. The van der Waals surface area contributed by atoms with E-state index in [9.17, 15) is 24.3 Å². The summed E-state index contributed by atoms with van der Waals surface area (Å²) in [6.07, 6.45) is -1.48. The van der Waals surface area contributed by atoms with E-state index in [1.165, 1.54) is 47.8 Å². The highest BCUT2D eigenvalue weighted by atomic mass is 16.5. The molecule has 3 rings (SSSR count). The molecule has 166 valence electrons. The lowest BCUT2D eigenvalue weighted by atomic mass is 10.3. The van der Waals surface area contributed by atoms with Crippen LogP contribution in [0.25, 0.3) is 0 Å². The van der Waals surface area contributed by atoms with Crippen LogP contribution in [0.3, 0.4) is 0 Å². The average molecular weight is 426 g/mol. The van der Waals surface area contributed by atoms with Gasteiger partial charge < -0.3 is 19.5 Å². The van der Waals surface area contributed by atoms with Crippen LogP contribution in [0.4, 0.5) is 9.59 Å². The molecule has 2 fully saturated rings. The van der Waals surface area contributed by atoms with E-state index in [2.05, 4.69) is 0 Å². The van der Waals surface area contributed by atoms with Gasteiger partial charge in [0.2, 0.25) is 5.88 Å². The minimum atomic E-state index is -0.800. The summed E-state index contributed by atoms with van der Waals surface area (Å²) in [7, 11) is 4.18. The molecule has 1 N–H and O–H groups in total. The first kappa shape index (κ1) is 21.6. The Balaban J connectivity index is 2.10. The van der Waals surface area contributed by atoms with Gasteiger partial charge in [-0.3, -0.25) is 24.1 Å². The smallest absolute Gasteiger partial charge is 0.335 e. The number of carbonyl (C=O) groups is 2. The number of nitrogens with zero attached hydrogens (tertiary/aromatic N) is 6. The number of methoxy groups -OCH3 is 2. The molecule has 1 aromatic heterocycles. The van der Waals surface area contributed by atoms with E-state index < -0.39 is 48.2 Å². The molecule has 2 aliphatic rings. The van der Waals surface area contributed by atoms with Gasteiger partial charge in [-0.2, -0.15) is 0 Å². The lowest BCUT2D eigenvalue weighted by Gasteiger charge is -2.29. The fraction of sp³-hybridized carbons (Fsp3) is 0.647. The summed E-state index contributed by atoms with van der Waals surface area (Å²) in [5.41, 5.74) is -1.52. The Hall–Kier alpha value is -3.06. The van der Waals surface area contributed by atoms with Gasteiger partial charge in [-0.25, -0.2) is 19.0 Å². The van der Waals surface area contributed by atoms with E-state index in [4.69, 9.17) is 9.47 Å². The number of amides is 4. The maximum Gasteiger partial charge on any atom is 0.335 e. The molecule has 0 aliphatic carbocycles. The molecule has 3 heterocycles. The highest BCUT2D eigenvalue weighted by molar-refractivity contribution is 5.85. The first-order chi connectivity index (χ1) is 14.2. The summed E-state index contributed by atoms with van der Waals surface area (Å²) in [5.74, 6) is -0.439. The van der Waals surface area contributed by atoms with Crippen molar-refractivity contribution in [3.63, 3.8) is 0 Å². The third-order valence-corrected chi connectivity index (χ3v) is 5.43. The number of urea groups is 2. The molecule has 0 radical (unpaired) electrons. The predicted molar refractivity (Wildman–Crippen MR) is 102 cm³/mol. The SMILES string of the molecule is CCN1C(=O)N(Cn2c(=O)c(C)c(O)n(C)c2=O)C2C1N(COC)C(=O)N2COC. The molecular weight excluding hydrogens is 400 g/mol. The molecule has 2 atom stereocenters. The predicted octanol–water partition coefficient (Wildman–Crippen LogP) is -1.13. The summed E-state index contributed by atoms with van der Waals surface area (Å²) in [6.45, 7) is 2.92. The maximum absolute atomic E-state index is 13.2. The van der Waals surface area contributed by atoms with Crippen molar-refractivity contribution in [2.75, 3.05) is 34.2 Å². The molecule has 0 bridgehead atoms. The molecule has 30 heavy (non-hydrogen) atoms. The monoisotopic (exact) mass is 426 g/mol. The van der Waals surface area contributed by atoms with Crippen molar-refractivity contribution < 1.29 is 24.2 Å². The van der Waals surface area contributed by atoms with Crippen molar-refractivity contribution in [3.05, 3.63) is 26.4 Å². The van der Waals surface area contributed by atoms with E-state index in [-0.39, 0.29) is 19.0 Å². The van der Waals surface area contributed by atoms with Crippen molar-refractivity contribution in [1.82, 2.24) is 28.7 Å². The third-order valence-electron chi connectivity index (χ3n) is 5.43. The topological polar surface area (TPSA) is 130 Å². The van der Waals surface area contributed by atoms with Crippen LogP contribution in [-0.4, -0.2) is 92.5 Å². The quantitative estimate of drug-likeness (QED) is 0.584. The van der Waals surface area contributed by atoms with Crippen LogP contribution >= 0.6 is 0 Å². The number of ether oxygens (including phenoxy) is 2. The van der Waals surface area contributed by atoms with Crippen LogP contribution in [-0.2, 0) is 23.2 Å². The number of rotatable bonds is 7. The van der Waals surface area contributed by atoms with E-state index in [1.807, 2.05) is 0 Å². The van der Waals surface area contributed by atoms with Crippen molar-refractivity contribution in [1.29, 1.82) is 0 Å². The molecule has 1 aromatic rings. The van der Waals surface area contributed by atoms with E-state index in [0.717, 1.165) is 9.13 Å². The molecule has 13 heteroatoms. The number of aromatic nitrogens is 2. The second-order valence-electron chi connectivity index (χ2n) is 7.09. The van der Waals surface area contributed by atoms with E-state index in [1.54, 1.807) is 6.92 Å². The first-order valence-electron chi connectivity index (χ1n) is 9.32. The second kappa shape index (κ2) is 7.99. The fourth-order valence-electron chi connectivity index (χ4n) is 3.96. The van der Waals surface area contributed by atoms with E-state index >= 15 is 0 Å². The van der Waals surface area contributed by atoms with Crippen LogP contribution in [0, 0.1) is 6.92 Å². The number of carbonyl (C=O) groups excluding carboxylic acids is 2. The number of fused-ring (bicyclic) bond motifs is 1. The Morgan fingerprint density at radius 3 is 1.90 bits per heavy atom. The number of hydrogen-bond donors (Lipinski definition) is 1. The van der Waals surface area contributed by atoms with Gasteiger partial charge in [0.15, 0.2) is 12.3 Å². The van der Waals surface area contributed by atoms with Crippen molar-refractivity contribution in [3.8, 4) is 5.88 Å². The zero-order valence-corrected chi connectivity index (χ0v) is 17.6. The van der Waals surface area contributed by atoms with Crippen LogP contribution in [0.2, 0.25) is 0 Å². The van der Waals surface area contributed by atoms with Crippen LogP contribution in [0.5, 0.6) is 5.88 Å². The zero-order valence-electron chi connectivity index (χ0n) is 17.6. The average Bonchev–Trinajstić information content (AvgIpc) is 3.14. The largest absolute Gasteiger partial charge is 0.494 e. The number of likely N-dealkylation sites (N-methyl/N-ethyl adjacent to an activating group) is 1. The number of aromatic hydroxyl groups is 1. The highest BCUT2D eigenvalue weighted by Gasteiger charge is 2.59. The van der Waals surface area contributed by atoms with Gasteiger partial charge >= 0.3 is 17.8 Å². The maximum atomic E-state index is 13.2. The van der Waals surface area contributed by atoms with Gasteiger partial charge in [-0.1, -0.05) is 0 Å². The Kier molecular flexibility index (Phi) is 5.76. The Labute approximate surface area is 172 Å². The third kappa shape index (κ3) is 3.01. The van der Waals surface area contributed by atoms with Gasteiger partial charge in [0.05, 0.1) is 5.56 Å². The summed E-state index contributed by atoms with van der Waals surface area (Å²) in [6, 6.07) is -0.839. The highest BCUT2D eigenvalue weighted by Crippen LogP contribution is 2.35. The normalized spacial score (nSPS) is 21.2. The Morgan fingerprint density at radius 2 is 1.40 bits per heavy atom. The molecule has 0 aromatic carbocycles. The van der Waals surface area contributed by atoms with Gasteiger partial charge in [0.25, 0.3) is 5.56 Å². The molecule has 2 unspecified atom stereocenters. The van der Waals surface area contributed by atoms with Gasteiger partial charge in [-0.05, 0) is 13.8 Å². The zero-order chi connectivity index (χ0) is 22.3. The molecular formula is C17H26N6O7. The second-order valence-corrected chi connectivity index (χ2v) is 7.09. The lowest BCUT2D eigenvalue weighted by molar-refractivity contribution is 0.0218.